The molecule has 2 aromatic carbocycles. The van der Waals surface area contributed by atoms with E-state index in [1.807, 2.05) is 0 Å². The van der Waals surface area contributed by atoms with Gasteiger partial charge in [0, 0.05) is 16.1 Å². The number of benzene rings is 2. The second-order valence-corrected chi connectivity index (χ2v) is 8.30. The molecule has 0 bridgehead atoms. The topological polar surface area (TPSA) is 38.3 Å². The first-order chi connectivity index (χ1) is 13.6. The number of hydrogen-bond donors (Lipinski definition) is 1. The van der Waals surface area contributed by atoms with Crippen molar-refractivity contribution in [1.82, 2.24) is 5.32 Å². The van der Waals surface area contributed by atoms with Crippen LogP contribution in [-0.4, -0.2) is 25.5 Å². The Morgan fingerprint density at radius 2 is 1.82 bits per heavy atom. The van der Waals surface area contributed by atoms with E-state index < -0.39 is 5.82 Å². The van der Waals surface area contributed by atoms with Gasteiger partial charge in [-0.05, 0) is 81.1 Å². The van der Waals surface area contributed by atoms with Crippen molar-refractivity contribution in [3.8, 4) is 5.75 Å². The Morgan fingerprint density at radius 3 is 2.54 bits per heavy atom. The second kappa shape index (κ2) is 10.7. The number of halogens is 2. The lowest BCUT2D eigenvalue weighted by molar-refractivity contribution is 0.103. The van der Waals surface area contributed by atoms with E-state index in [4.69, 9.17) is 4.74 Å². The highest BCUT2D eigenvalue weighted by molar-refractivity contribution is 9.10. The average molecular weight is 448 g/mol. The van der Waals surface area contributed by atoms with Gasteiger partial charge in [-0.2, -0.15) is 0 Å². The Hall–Kier alpha value is -1.72. The fourth-order valence-corrected chi connectivity index (χ4v) is 3.31. The lowest BCUT2D eigenvalue weighted by atomic mass is 10.0. The zero-order chi connectivity index (χ0) is 19.8. The van der Waals surface area contributed by atoms with Gasteiger partial charge < -0.3 is 10.1 Å². The van der Waals surface area contributed by atoms with Gasteiger partial charge in [0.15, 0.2) is 5.78 Å². The maximum absolute atomic E-state index is 14.4. The summed E-state index contributed by atoms with van der Waals surface area (Å²) in [7, 11) is 0. The molecule has 1 aliphatic rings. The van der Waals surface area contributed by atoms with Gasteiger partial charge in [-0.1, -0.05) is 28.8 Å². The van der Waals surface area contributed by atoms with Crippen molar-refractivity contribution in [2.75, 3.05) is 19.7 Å². The smallest absolute Gasteiger partial charge is 0.195 e. The van der Waals surface area contributed by atoms with Gasteiger partial charge in [-0.15, -0.1) is 0 Å². The summed E-state index contributed by atoms with van der Waals surface area (Å²) < 4.78 is 20.9. The molecule has 2 aromatic rings. The second-order valence-electron chi connectivity index (χ2n) is 7.39. The SMILES string of the molecule is O=C(c1ccc(Br)cc1)c1ccc(OCCCCCCNCC2CC2)cc1F. The predicted molar refractivity (Wildman–Crippen MR) is 114 cm³/mol. The van der Waals surface area contributed by atoms with Crippen molar-refractivity contribution in [2.45, 2.75) is 38.5 Å². The van der Waals surface area contributed by atoms with Crippen LogP contribution in [0.5, 0.6) is 5.75 Å². The summed E-state index contributed by atoms with van der Waals surface area (Å²) in [6.45, 7) is 2.83. The summed E-state index contributed by atoms with van der Waals surface area (Å²) in [5.41, 5.74) is 0.524. The van der Waals surface area contributed by atoms with E-state index in [1.165, 1.54) is 44.4 Å². The maximum atomic E-state index is 14.4. The monoisotopic (exact) mass is 447 g/mol. The zero-order valence-corrected chi connectivity index (χ0v) is 17.6. The molecule has 1 aliphatic carbocycles. The number of hydrogen-bond acceptors (Lipinski definition) is 3. The molecule has 1 saturated carbocycles. The van der Waals surface area contributed by atoms with Crippen LogP contribution in [0.15, 0.2) is 46.9 Å². The van der Waals surface area contributed by atoms with E-state index >= 15 is 0 Å². The first kappa shape index (κ1) is 21.0. The fraction of sp³-hybridized carbons (Fsp3) is 0.435. The molecular formula is C23H27BrFNO2. The Labute approximate surface area is 174 Å². The minimum absolute atomic E-state index is 0.0633. The lowest BCUT2D eigenvalue weighted by Crippen LogP contribution is -2.17. The lowest BCUT2D eigenvalue weighted by Gasteiger charge is -2.09. The van der Waals surface area contributed by atoms with E-state index in [0.29, 0.717) is 17.9 Å². The van der Waals surface area contributed by atoms with Crippen molar-refractivity contribution >= 4 is 21.7 Å². The van der Waals surface area contributed by atoms with Crippen molar-refractivity contribution in [3.63, 3.8) is 0 Å². The number of carbonyl (C=O) groups excluding carboxylic acids is 1. The summed E-state index contributed by atoms with van der Waals surface area (Å²) in [5.74, 6) is 0.528. The van der Waals surface area contributed by atoms with Crippen LogP contribution >= 0.6 is 15.9 Å². The molecule has 0 saturated heterocycles. The number of carbonyl (C=O) groups is 1. The van der Waals surface area contributed by atoms with Crippen LogP contribution in [0, 0.1) is 11.7 Å². The van der Waals surface area contributed by atoms with Crippen molar-refractivity contribution in [2.24, 2.45) is 5.92 Å². The first-order valence-corrected chi connectivity index (χ1v) is 10.9. The minimum Gasteiger partial charge on any atom is -0.493 e. The van der Waals surface area contributed by atoms with Gasteiger partial charge in [0.2, 0.25) is 0 Å². The van der Waals surface area contributed by atoms with E-state index in [9.17, 15) is 9.18 Å². The van der Waals surface area contributed by atoms with Crippen molar-refractivity contribution in [3.05, 3.63) is 63.9 Å². The third-order valence-corrected chi connectivity index (χ3v) is 5.47. The minimum atomic E-state index is -0.549. The number of rotatable bonds is 12. The zero-order valence-electron chi connectivity index (χ0n) is 16.1. The van der Waals surface area contributed by atoms with Gasteiger partial charge >= 0.3 is 0 Å². The van der Waals surface area contributed by atoms with Crippen LogP contribution < -0.4 is 10.1 Å². The standard InChI is InChI=1S/C23H27BrFNO2/c24-19-9-7-18(8-10-19)23(27)21-12-11-20(15-22(21)25)28-14-4-2-1-3-13-26-16-17-5-6-17/h7-12,15,17,26H,1-6,13-14,16H2. The van der Waals surface area contributed by atoms with Gasteiger partial charge in [0.1, 0.15) is 11.6 Å². The molecule has 0 heterocycles. The summed E-state index contributed by atoms with van der Waals surface area (Å²) in [5, 5.41) is 3.50. The highest BCUT2D eigenvalue weighted by Crippen LogP contribution is 2.27. The van der Waals surface area contributed by atoms with E-state index in [2.05, 4.69) is 21.2 Å². The first-order valence-electron chi connectivity index (χ1n) is 10.1. The molecule has 0 spiro atoms. The van der Waals surface area contributed by atoms with Gasteiger partial charge in [-0.25, -0.2) is 4.39 Å². The number of ketones is 1. The van der Waals surface area contributed by atoms with Crippen LogP contribution in [0.2, 0.25) is 0 Å². The van der Waals surface area contributed by atoms with Crippen LogP contribution in [0.25, 0.3) is 0 Å². The largest absolute Gasteiger partial charge is 0.493 e. The molecule has 0 radical (unpaired) electrons. The summed E-state index contributed by atoms with van der Waals surface area (Å²) >= 11 is 3.33. The summed E-state index contributed by atoms with van der Waals surface area (Å²) in [6.07, 6.45) is 7.20. The number of nitrogens with one attached hydrogen (secondary N) is 1. The third-order valence-electron chi connectivity index (χ3n) is 4.94. The molecule has 3 nitrogen and oxygen atoms in total. The van der Waals surface area contributed by atoms with Crippen molar-refractivity contribution < 1.29 is 13.9 Å². The third kappa shape index (κ3) is 6.71. The Balaban J connectivity index is 1.36. The molecule has 3 rings (SSSR count). The van der Waals surface area contributed by atoms with Crippen LogP contribution in [0.4, 0.5) is 4.39 Å². The molecule has 0 amide bonds. The van der Waals surface area contributed by atoms with E-state index in [-0.39, 0.29) is 11.3 Å². The number of unbranched alkanes of at least 4 members (excludes halogenated alkanes) is 3. The quantitative estimate of drug-likeness (QED) is 0.332. The van der Waals surface area contributed by atoms with Crippen LogP contribution in [-0.2, 0) is 0 Å². The fourth-order valence-electron chi connectivity index (χ4n) is 3.05. The van der Waals surface area contributed by atoms with E-state index in [0.717, 1.165) is 29.8 Å². The Kier molecular flexibility index (Phi) is 8.04. The summed E-state index contributed by atoms with van der Waals surface area (Å²) in [6, 6.07) is 11.4. The molecule has 0 aromatic heterocycles. The Morgan fingerprint density at radius 1 is 1.07 bits per heavy atom. The molecule has 1 N–H and O–H groups in total. The number of ether oxygens (including phenoxy) is 1. The van der Waals surface area contributed by atoms with Gasteiger partial charge in [0.05, 0.1) is 12.2 Å². The van der Waals surface area contributed by atoms with E-state index in [1.54, 1.807) is 30.3 Å². The molecule has 28 heavy (non-hydrogen) atoms. The highest BCUT2D eigenvalue weighted by atomic mass is 79.9. The average Bonchev–Trinajstić information content (AvgIpc) is 3.51. The Bertz CT molecular complexity index is 775. The molecule has 0 atom stereocenters. The van der Waals surface area contributed by atoms with Gasteiger partial charge in [0.25, 0.3) is 0 Å². The molecule has 0 aliphatic heterocycles. The van der Waals surface area contributed by atoms with Crippen molar-refractivity contribution in [1.29, 1.82) is 0 Å². The molecular weight excluding hydrogens is 421 g/mol. The molecule has 150 valence electrons. The maximum Gasteiger partial charge on any atom is 0.195 e. The molecule has 5 heteroatoms. The van der Waals surface area contributed by atoms with Crippen LogP contribution in [0.1, 0.15) is 54.4 Å². The normalized spacial score (nSPS) is 13.5. The summed E-state index contributed by atoms with van der Waals surface area (Å²) in [4.78, 5) is 12.4. The van der Waals surface area contributed by atoms with Gasteiger partial charge in [-0.3, -0.25) is 4.79 Å². The molecule has 0 unspecified atom stereocenters. The van der Waals surface area contributed by atoms with Crippen LogP contribution in [0.3, 0.4) is 0 Å². The highest BCUT2D eigenvalue weighted by Gasteiger charge is 2.19. The molecule has 1 fully saturated rings. The predicted octanol–water partition coefficient (Wildman–Crippen LogP) is 5.76.